The van der Waals surface area contributed by atoms with E-state index in [-0.39, 0.29) is 19.5 Å². The zero-order valence-corrected chi connectivity index (χ0v) is 63.8. The maximum absolute atomic E-state index is 7.93. The van der Waals surface area contributed by atoms with Gasteiger partial charge in [-0.3, -0.25) is 0 Å². The summed E-state index contributed by atoms with van der Waals surface area (Å²) in [5.41, 5.74) is 31.4. The summed E-state index contributed by atoms with van der Waals surface area (Å²) in [6, 6.07) is 125. The van der Waals surface area contributed by atoms with Crippen LogP contribution in [0.5, 0.6) is 11.5 Å². The molecule has 3 fully saturated rings. The van der Waals surface area contributed by atoms with E-state index >= 15 is 0 Å². The SMILES string of the molecule is c1ccc(N(c2ccccc2)c2cc3c4c(c2)N(c2ccccc2)c2ccccc2B4c2cc4c(cc2O3)Sc2cc3c(cc2C42c4ccccc4-c4ccccc42)B2c4ccccc4N(c4ccccc4)c4cc(N(c5ccccc5)c5ccccc5)cc(c42)N3C2C(C3CCCCC3)CCCC2C2CCCCC2)cc1. The molecule has 1 spiro atoms. The average molecular weight is 1460 g/mol. The molecule has 14 aromatic rings. The topological polar surface area (TPSA) is 25.4 Å². The zero-order chi connectivity index (χ0) is 73.5. The van der Waals surface area contributed by atoms with Crippen molar-refractivity contribution in [2.45, 2.75) is 105 Å². The fraction of sp³-hybridized carbons (Fsp3) is 0.184. The van der Waals surface area contributed by atoms with Gasteiger partial charge < -0.3 is 29.2 Å². The quantitative estimate of drug-likeness (QED) is 0.119. The standard InChI is InChI=1S/C103H85B2N5OS/c1-9-34-68(35-10-1)78-52-33-53-79(69-36-11-2-12-37-69)102(78)110-92-66-98-84(64-88(92)104-86-56-29-31-58-90(86)108(74-46-21-7-22-47-74)93-60-76(61-94(110)100(93)104)106(70-38-13-3-14-39-70)71-40-15-4-16-41-71)103(82-54-27-25-50-80(82)81-51-26-28-55-83(81)103)85-65-89-96(67-99(85)112-98)111-97-63-77(107(72-42-17-5-18-43-72)73-44-19-6-20-45-73)62-95-101(97)105(89)87-57-30-32-59-91(87)109(95)75-48-23-8-24-49-75/h3-8,13-32,38-51,54-69,78-79,102H,1-2,9-12,33-37,52-53H2. The maximum Gasteiger partial charge on any atom is 0.256 e. The Balaban J connectivity index is 0.809. The second-order valence-electron chi connectivity index (χ2n) is 32.9. The molecule has 0 saturated heterocycles. The van der Waals surface area contributed by atoms with Crippen LogP contribution in [0.25, 0.3) is 11.1 Å². The molecule has 5 heterocycles. The lowest BCUT2D eigenvalue weighted by Gasteiger charge is -2.55. The second-order valence-corrected chi connectivity index (χ2v) is 34.0. The van der Waals surface area contributed by atoms with Crippen LogP contribution >= 0.6 is 11.8 Å². The molecule has 0 aromatic heterocycles. The molecule has 14 aromatic carbocycles. The highest BCUT2D eigenvalue weighted by atomic mass is 32.2. The van der Waals surface area contributed by atoms with Gasteiger partial charge in [-0.25, -0.2) is 0 Å². The minimum absolute atomic E-state index is 0.114. The second kappa shape index (κ2) is 26.8. The van der Waals surface area contributed by atoms with Crippen molar-refractivity contribution in [1.29, 1.82) is 0 Å². The molecule has 9 heteroatoms. The van der Waals surface area contributed by atoms with Crippen LogP contribution in [0.15, 0.2) is 337 Å². The smallest absolute Gasteiger partial charge is 0.256 e. The predicted octanol–water partition coefficient (Wildman–Crippen LogP) is 23.6. The third-order valence-electron chi connectivity index (χ3n) is 27.2. The Kier molecular flexibility index (Phi) is 15.8. The van der Waals surface area contributed by atoms with Crippen LogP contribution in [-0.2, 0) is 5.41 Å². The van der Waals surface area contributed by atoms with E-state index in [1.54, 1.807) is 0 Å². The van der Waals surface area contributed by atoms with Gasteiger partial charge in [0.1, 0.15) is 11.5 Å². The van der Waals surface area contributed by atoms with E-state index in [2.05, 4.69) is 352 Å². The largest absolute Gasteiger partial charge is 0.458 e. The minimum Gasteiger partial charge on any atom is -0.458 e. The molecule has 9 aliphatic rings. The van der Waals surface area contributed by atoms with E-state index in [0.29, 0.717) is 23.7 Å². The van der Waals surface area contributed by atoms with Crippen molar-refractivity contribution in [2.75, 3.05) is 24.5 Å². The Hall–Kier alpha value is -11.6. The number of benzene rings is 14. The Morgan fingerprint density at radius 1 is 0.304 bits per heavy atom. The molecular formula is C103H85B2N5OS. The van der Waals surface area contributed by atoms with Crippen LogP contribution in [0.3, 0.4) is 0 Å². The molecule has 3 saturated carbocycles. The van der Waals surface area contributed by atoms with Gasteiger partial charge in [0.25, 0.3) is 13.4 Å². The number of para-hydroxylation sites is 8. The number of rotatable bonds is 11. The number of fused-ring (bicyclic) bond motifs is 17. The first-order valence-corrected chi connectivity index (χ1v) is 42.2. The highest BCUT2D eigenvalue weighted by Gasteiger charge is 2.56. The lowest BCUT2D eigenvalue weighted by Crippen LogP contribution is -2.65. The lowest BCUT2D eigenvalue weighted by atomic mass is 9.33. The van der Waals surface area contributed by atoms with Gasteiger partial charge >= 0.3 is 0 Å². The Labute approximate surface area is 663 Å². The minimum atomic E-state index is -0.746. The molecule has 0 radical (unpaired) electrons. The molecule has 2 unspecified atom stereocenters. The van der Waals surface area contributed by atoms with Crippen molar-refractivity contribution in [3.05, 3.63) is 350 Å². The van der Waals surface area contributed by atoms with E-state index in [1.165, 1.54) is 199 Å². The molecule has 6 nitrogen and oxygen atoms in total. The Morgan fingerprint density at radius 3 is 1.22 bits per heavy atom. The van der Waals surface area contributed by atoms with Gasteiger partial charge in [0.05, 0.1) is 16.8 Å². The number of ether oxygens (including phenoxy) is 1. The van der Waals surface area contributed by atoms with Crippen molar-refractivity contribution < 1.29 is 4.74 Å². The molecule has 0 amide bonds. The third kappa shape index (κ3) is 10.2. The van der Waals surface area contributed by atoms with E-state index in [9.17, 15) is 0 Å². The third-order valence-corrected chi connectivity index (χ3v) is 28.3. The monoisotopic (exact) mass is 1460 g/mol. The van der Waals surface area contributed by atoms with Crippen LogP contribution in [0.1, 0.15) is 106 Å². The summed E-state index contributed by atoms with van der Waals surface area (Å²) in [7, 11) is 0. The molecule has 112 heavy (non-hydrogen) atoms. The number of nitrogens with zero attached hydrogens (tertiary/aromatic N) is 5. The van der Waals surface area contributed by atoms with Gasteiger partial charge in [0, 0.05) is 90.1 Å². The van der Waals surface area contributed by atoms with Crippen molar-refractivity contribution in [2.24, 2.45) is 23.7 Å². The van der Waals surface area contributed by atoms with E-state index < -0.39 is 5.41 Å². The van der Waals surface area contributed by atoms with Crippen molar-refractivity contribution >= 4 is 138 Å². The molecule has 4 aliphatic carbocycles. The van der Waals surface area contributed by atoms with Gasteiger partial charge in [-0.05, 0) is 218 Å². The van der Waals surface area contributed by atoms with Crippen LogP contribution in [0.2, 0.25) is 0 Å². The zero-order valence-electron chi connectivity index (χ0n) is 63.0. The summed E-state index contributed by atoms with van der Waals surface area (Å²) in [5, 5.41) is 0. The maximum atomic E-state index is 7.93. The van der Waals surface area contributed by atoms with E-state index in [0.717, 1.165) is 51.3 Å². The molecular weight excluding hydrogens is 1380 g/mol. The fourth-order valence-electron chi connectivity index (χ4n) is 22.8. The normalized spacial score (nSPS) is 18.5. The molecule has 23 rings (SSSR count). The van der Waals surface area contributed by atoms with Gasteiger partial charge in [-0.2, -0.15) is 0 Å². The fourth-order valence-corrected chi connectivity index (χ4v) is 24.0. The molecule has 5 aliphatic heterocycles. The van der Waals surface area contributed by atoms with Crippen molar-refractivity contribution in [1.82, 2.24) is 0 Å². The average Bonchev–Trinajstić information content (AvgIpc) is 1.34. The van der Waals surface area contributed by atoms with Gasteiger partial charge in [0.2, 0.25) is 0 Å². The summed E-state index contributed by atoms with van der Waals surface area (Å²) < 4.78 is 7.93. The first kappa shape index (κ1) is 66.2. The van der Waals surface area contributed by atoms with Crippen LogP contribution in [0, 0.1) is 23.7 Å². The molecule has 0 bridgehead atoms. The van der Waals surface area contributed by atoms with Crippen LogP contribution in [0.4, 0.5) is 79.6 Å². The van der Waals surface area contributed by atoms with Gasteiger partial charge in [-0.1, -0.05) is 289 Å². The van der Waals surface area contributed by atoms with Gasteiger partial charge in [-0.15, -0.1) is 0 Å². The first-order chi connectivity index (χ1) is 55.6. The van der Waals surface area contributed by atoms with Crippen molar-refractivity contribution in [3.8, 4) is 22.6 Å². The number of hydrogen-bond acceptors (Lipinski definition) is 7. The lowest BCUT2D eigenvalue weighted by molar-refractivity contribution is 0.0839. The Morgan fingerprint density at radius 2 is 0.714 bits per heavy atom. The number of hydrogen-bond donors (Lipinski definition) is 0. The summed E-state index contributed by atoms with van der Waals surface area (Å²) in [5.74, 6) is 4.15. The van der Waals surface area contributed by atoms with Crippen LogP contribution in [-0.4, -0.2) is 19.5 Å². The number of anilines is 14. The highest BCUT2D eigenvalue weighted by molar-refractivity contribution is 7.99. The summed E-state index contributed by atoms with van der Waals surface area (Å²) in [6.45, 7) is -0.286. The van der Waals surface area contributed by atoms with E-state index in [1.807, 2.05) is 11.8 Å². The van der Waals surface area contributed by atoms with Gasteiger partial charge in [0.15, 0.2) is 0 Å². The molecule has 2 atom stereocenters. The van der Waals surface area contributed by atoms with E-state index in [4.69, 9.17) is 4.74 Å². The molecule has 540 valence electrons. The highest BCUT2D eigenvalue weighted by Crippen LogP contribution is 2.65. The molecule has 0 N–H and O–H groups in total. The van der Waals surface area contributed by atoms with Crippen LogP contribution < -0.4 is 62.0 Å². The summed E-state index contributed by atoms with van der Waals surface area (Å²) >= 11 is 1.99. The van der Waals surface area contributed by atoms with Crippen molar-refractivity contribution in [3.63, 3.8) is 0 Å². The first-order valence-electron chi connectivity index (χ1n) is 41.4. The predicted molar refractivity (Wildman–Crippen MR) is 469 cm³/mol. The summed E-state index contributed by atoms with van der Waals surface area (Å²) in [4.78, 5) is 15.8. The summed E-state index contributed by atoms with van der Waals surface area (Å²) in [6.07, 6.45) is 17.1. The Bertz CT molecular complexity index is 5840.